The van der Waals surface area contributed by atoms with Gasteiger partial charge in [-0.2, -0.15) is 0 Å². The number of nitrogens with zero attached hydrogens (tertiary/aromatic N) is 3. The topological polar surface area (TPSA) is 61.0 Å². The number of furan rings is 1. The zero-order valence-electron chi connectivity index (χ0n) is 27.2. The van der Waals surface area contributed by atoms with Gasteiger partial charge in [0, 0.05) is 38.6 Å². The lowest BCUT2D eigenvalue weighted by atomic mass is 9.66. The highest BCUT2D eigenvalue weighted by molar-refractivity contribution is 6.17. The molecule has 0 unspecified atom stereocenters. The van der Waals surface area contributed by atoms with Crippen molar-refractivity contribution in [2.75, 3.05) is 0 Å². The summed E-state index contributed by atoms with van der Waals surface area (Å²) >= 11 is 0. The van der Waals surface area contributed by atoms with Crippen molar-refractivity contribution in [3.05, 3.63) is 186 Å². The van der Waals surface area contributed by atoms with Crippen LogP contribution in [-0.4, -0.2) is 15.0 Å². The number of benzene rings is 7. The highest BCUT2D eigenvalue weighted by Crippen LogP contribution is 2.64. The fourth-order valence-corrected chi connectivity index (χ4v) is 8.35. The van der Waals surface area contributed by atoms with Gasteiger partial charge in [0.25, 0.3) is 0 Å². The van der Waals surface area contributed by atoms with Crippen LogP contribution < -0.4 is 4.74 Å². The summed E-state index contributed by atoms with van der Waals surface area (Å²) in [6, 6.07) is 56.3. The third kappa shape index (κ3) is 3.88. The summed E-state index contributed by atoms with van der Waals surface area (Å²) in [4.78, 5) is 15.7. The average molecular weight is 654 g/mol. The second kappa shape index (κ2) is 10.6. The molecule has 0 atom stereocenters. The van der Waals surface area contributed by atoms with Crippen LogP contribution in [0.2, 0.25) is 0 Å². The fraction of sp³-hybridized carbons (Fsp3) is 0.0217. The molecule has 0 amide bonds. The van der Waals surface area contributed by atoms with E-state index in [1.54, 1.807) is 0 Å². The van der Waals surface area contributed by atoms with E-state index in [1.165, 1.54) is 5.56 Å². The SMILES string of the molecule is c1ccc(-c2nc(-c3ccccc3)nc(-c3c4c(cc5oc6ccccc6c35)C3(c5ccccc5Oc5ccccc53)c3ccccc3-4)n2)cc1. The zero-order valence-corrected chi connectivity index (χ0v) is 27.2. The molecule has 11 rings (SSSR count). The van der Waals surface area contributed by atoms with E-state index in [-0.39, 0.29) is 0 Å². The van der Waals surface area contributed by atoms with Gasteiger partial charge in [-0.05, 0) is 46.5 Å². The smallest absolute Gasteiger partial charge is 0.165 e. The van der Waals surface area contributed by atoms with E-state index in [9.17, 15) is 0 Å². The summed E-state index contributed by atoms with van der Waals surface area (Å²) < 4.78 is 13.4. The van der Waals surface area contributed by atoms with E-state index in [0.717, 1.165) is 77.9 Å². The maximum absolute atomic E-state index is 6.78. The molecule has 5 heteroatoms. The predicted octanol–water partition coefficient (Wildman–Crippen LogP) is 11.2. The van der Waals surface area contributed by atoms with Gasteiger partial charge < -0.3 is 9.15 Å². The molecule has 0 saturated heterocycles. The normalized spacial score (nSPS) is 13.4. The predicted molar refractivity (Wildman–Crippen MR) is 201 cm³/mol. The third-order valence-corrected chi connectivity index (χ3v) is 10.4. The Morgan fingerprint density at radius 3 is 1.61 bits per heavy atom. The third-order valence-electron chi connectivity index (χ3n) is 10.4. The molecule has 5 nitrogen and oxygen atoms in total. The molecule has 0 bridgehead atoms. The van der Waals surface area contributed by atoms with Crippen molar-refractivity contribution in [1.29, 1.82) is 0 Å². The molecule has 1 spiro atoms. The Hall–Kier alpha value is -6.85. The number of para-hydroxylation sites is 3. The minimum Gasteiger partial charge on any atom is -0.457 e. The molecule has 2 aliphatic rings. The van der Waals surface area contributed by atoms with Crippen LogP contribution >= 0.6 is 0 Å². The molecule has 0 N–H and O–H groups in total. The lowest BCUT2D eigenvalue weighted by Crippen LogP contribution is -2.32. The van der Waals surface area contributed by atoms with Crippen LogP contribution in [0, 0.1) is 0 Å². The van der Waals surface area contributed by atoms with Gasteiger partial charge in [-0.25, -0.2) is 15.0 Å². The van der Waals surface area contributed by atoms with Crippen LogP contribution in [0.3, 0.4) is 0 Å². The Labute approximate surface area is 293 Å². The first kappa shape index (κ1) is 28.0. The van der Waals surface area contributed by atoms with Gasteiger partial charge in [-0.1, -0.05) is 140 Å². The molecular formula is C46H27N3O2. The molecule has 51 heavy (non-hydrogen) atoms. The summed E-state index contributed by atoms with van der Waals surface area (Å²) in [6.45, 7) is 0. The minimum atomic E-state index is -0.684. The molecule has 1 aliphatic carbocycles. The molecule has 2 aromatic heterocycles. The minimum absolute atomic E-state index is 0.594. The van der Waals surface area contributed by atoms with Crippen molar-refractivity contribution < 1.29 is 9.15 Å². The molecular weight excluding hydrogens is 627 g/mol. The van der Waals surface area contributed by atoms with E-state index >= 15 is 0 Å². The summed E-state index contributed by atoms with van der Waals surface area (Å²) in [5.74, 6) is 3.49. The molecule has 0 fully saturated rings. The molecule has 1 aliphatic heterocycles. The van der Waals surface area contributed by atoms with Gasteiger partial charge in [-0.15, -0.1) is 0 Å². The number of fused-ring (bicyclic) bond motifs is 12. The Balaban J connectivity index is 1.35. The second-order valence-electron chi connectivity index (χ2n) is 13.1. The Kier molecular flexibility index (Phi) is 5.81. The van der Waals surface area contributed by atoms with E-state index in [1.807, 2.05) is 84.9 Å². The lowest BCUT2D eigenvalue weighted by molar-refractivity contribution is 0.436. The average Bonchev–Trinajstić information content (AvgIpc) is 3.71. The van der Waals surface area contributed by atoms with E-state index < -0.39 is 5.41 Å². The zero-order chi connectivity index (χ0) is 33.5. The van der Waals surface area contributed by atoms with Crippen LogP contribution in [0.5, 0.6) is 11.5 Å². The molecule has 0 radical (unpaired) electrons. The molecule has 3 heterocycles. The van der Waals surface area contributed by atoms with Crippen LogP contribution in [0.15, 0.2) is 168 Å². The van der Waals surface area contributed by atoms with Crippen molar-refractivity contribution in [3.63, 3.8) is 0 Å². The molecule has 238 valence electrons. The second-order valence-corrected chi connectivity index (χ2v) is 13.1. The standard InChI is InChI=1S/C46H27N3O2/c1-3-15-28(16-4-1)43-47-44(29-17-5-2-6-18-29)49-45(48-43)42-40-30-19-7-9-21-32(30)46(35(40)27-39-41(42)31-20-8-12-24-36(31)50-39)33-22-10-13-25-37(33)51-38-26-14-11-23-34(38)46/h1-27H. The van der Waals surface area contributed by atoms with Gasteiger partial charge in [0.2, 0.25) is 0 Å². The first-order chi connectivity index (χ1) is 25.3. The first-order valence-corrected chi connectivity index (χ1v) is 17.1. The van der Waals surface area contributed by atoms with E-state index in [4.69, 9.17) is 24.1 Å². The summed E-state index contributed by atoms with van der Waals surface area (Å²) in [5.41, 5.74) is 10.3. The monoisotopic (exact) mass is 653 g/mol. The molecule has 9 aromatic rings. The number of rotatable bonds is 3. The maximum atomic E-state index is 6.78. The highest BCUT2D eigenvalue weighted by Gasteiger charge is 2.52. The van der Waals surface area contributed by atoms with Gasteiger partial charge in [0.1, 0.15) is 22.7 Å². The van der Waals surface area contributed by atoms with Crippen LogP contribution in [-0.2, 0) is 5.41 Å². The Morgan fingerprint density at radius 2 is 0.941 bits per heavy atom. The largest absolute Gasteiger partial charge is 0.457 e. The van der Waals surface area contributed by atoms with Crippen molar-refractivity contribution in [3.8, 4) is 56.8 Å². The number of hydrogen-bond donors (Lipinski definition) is 0. The Morgan fingerprint density at radius 1 is 0.412 bits per heavy atom. The van der Waals surface area contributed by atoms with E-state index in [2.05, 4.69) is 78.9 Å². The fourth-order valence-electron chi connectivity index (χ4n) is 8.35. The number of ether oxygens (including phenoxy) is 1. The van der Waals surface area contributed by atoms with Crippen molar-refractivity contribution in [2.45, 2.75) is 5.41 Å². The number of aromatic nitrogens is 3. The van der Waals surface area contributed by atoms with Crippen LogP contribution in [0.4, 0.5) is 0 Å². The van der Waals surface area contributed by atoms with Gasteiger partial charge in [0.05, 0.1) is 5.41 Å². The molecule has 0 saturated carbocycles. The summed E-state index contributed by atoms with van der Waals surface area (Å²) in [5, 5.41) is 1.99. The van der Waals surface area contributed by atoms with Crippen LogP contribution in [0.25, 0.3) is 67.2 Å². The van der Waals surface area contributed by atoms with Gasteiger partial charge >= 0.3 is 0 Å². The highest BCUT2D eigenvalue weighted by atomic mass is 16.5. The van der Waals surface area contributed by atoms with Gasteiger partial charge in [0.15, 0.2) is 17.5 Å². The quantitative estimate of drug-likeness (QED) is 0.190. The van der Waals surface area contributed by atoms with Gasteiger partial charge in [-0.3, -0.25) is 0 Å². The van der Waals surface area contributed by atoms with Crippen molar-refractivity contribution in [1.82, 2.24) is 15.0 Å². The number of hydrogen-bond acceptors (Lipinski definition) is 5. The van der Waals surface area contributed by atoms with Crippen LogP contribution in [0.1, 0.15) is 22.3 Å². The summed E-state index contributed by atoms with van der Waals surface area (Å²) in [6.07, 6.45) is 0. The van der Waals surface area contributed by atoms with Crippen molar-refractivity contribution in [2.24, 2.45) is 0 Å². The van der Waals surface area contributed by atoms with E-state index in [0.29, 0.717) is 17.5 Å². The summed E-state index contributed by atoms with van der Waals surface area (Å²) in [7, 11) is 0. The Bertz CT molecular complexity index is 2740. The lowest BCUT2D eigenvalue weighted by Gasteiger charge is -2.39. The first-order valence-electron chi connectivity index (χ1n) is 17.1. The molecule has 7 aromatic carbocycles. The maximum Gasteiger partial charge on any atom is 0.165 e. The van der Waals surface area contributed by atoms with Crippen molar-refractivity contribution >= 4 is 21.9 Å².